The number of nitrogens with one attached hydrogen (secondary N) is 1. The highest BCUT2D eigenvalue weighted by Crippen LogP contribution is 2.27. The van der Waals surface area contributed by atoms with Crippen LogP contribution in [-0.4, -0.2) is 16.5 Å². The van der Waals surface area contributed by atoms with Crippen LogP contribution in [0.2, 0.25) is 5.02 Å². The second kappa shape index (κ2) is 6.96. The van der Waals surface area contributed by atoms with E-state index in [-0.39, 0.29) is 17.4 Å². The largest absolute Gasteiger partial charge is 0.486 e. The SMILES string of the molecule is CC(C)(C)Oc1ccncc1NC(=O)Cc1ccc(F)cc1Cl. The molecule has 0 aliphatic rings. The third kappa shape index (κ3) is 5.21. The zero-order valence-corrected chi connectivity index (χ0v) is 13.9. The summed E-state index contributed by atoms with van der Waals surface area (Å²) in [6.45, 7) is 5.74. The molecule has 0 unspecified atom stereocenters. The van der Waals surface area contributed by atoms with Crippen molar-refractivity contribution in [2.24, 2.45) is 0 Å². The van der Waals surface area contributed by atoms with Crippen molar-refractivity contribution < 1.29 is 13.9 Å². The van der Waals surface area contributed by atoms with Crippen LogP contribution in [0.5, 0.6) is 5.75 Å². The van der Waals surface area contributed by atoms with Gasteiger partial charge in [-0.1, -0.05) is 17.7 Å². The van der Waals surface area contributed by atoms with Gasteiger partial charge < -0.3 is 10.1 Å². The van der Waals surface area contributed by atoms with E-state index in [1.54, 1.807) is 12.3 Å². The molecule has 0 bridgehead atoms. The molecular weight excluding hydrogens is 319 g/mol. The third-order valence-electron chi connectivity index (χ3n) is 2.84. The van der Waals surface area contributed by atoms with Crippen LogP contribution in [-0.2, 0) is 11.2 Å². The number of hydrogen-bond donors (Lipinski definition) is 1. The first-order chi connectivity index (χ1) is 10.7. The highest BCUT2D eigenvalue weighted by molar-refractivity contribution is 6.31. The fraction of sp³-hybridized carbons (Fsp3) is 0.294. The van der Waals surface area contributed by atoms with Crippen LogP contribution in [0.1, 0.15) is 26.3 Å². The van der Waals surface area contributed by atoms with Gasteiger partial charge in [-0.3, -0.25) is 9.78 Å². The Labute approximate surface area is 139 Å². The number of carbonyl (C=O) groups excluding carboxylic acids is 1. The zero-order valence-electron chi connectivity index (χ0n) is 13.2. The maximum Gasteiger partial charge on any atom is 0.228 e. The maximum absolute atomic E-state index is 13.0. The van der Waals surface area contributed by atoms with Gasteiger partial charge in [0.2, 0.25) is 5.91 Å². The van der Waals surface area contributed by atoms with Crippen LogP contribution in [0.15, 0.2) is 36.7 Å². The number of carbonyl (C=O) groups is 1. The summed E-state index contributed by atoms with van der Waals surface area (Å²) in [6.07, 6.45) is 3.14. The molecule has 2 aromatic rings. The Hall–Kier alpha value is -2.14. The minimum absolute atomic E-state index is 0.0307. The molecule has 122 valence electrons. The number of rotatable bonds is 4. The minimum atomic E-state index is -0.438. The van der Waals surface area contributed by atoms with Crippen molar-refractivity contribution >= 4 is 23.2 Å². The molecule has 0 aliphatic carbocycles. The van der Waals surface area contributed by atoms with Crippen LogP contribution in [0.25, 0.3) is 0 Å². The van der Waals surface area contributed by atoms with Crippen LogP contribution in [0.3, 0.4) is 0 Å². The molecule has 0 fully saturated rings. The number of aromatic nitrogens is 1. The summed E-state index contributed by atoms with van der Waals surface area (Å²) in [4.78, 5) is 16.2. The van der Waals surface area contributed by atoms with Crippen molar-refractivity contribution in [2.45, 2.75) is 32.8 Å². The van der Waals surface area contributed by atoms with Gasteiger partial charge in [0, 0.05) is 17.3 Å². The topological polar surface area (TPSA) is 51.2 Å². The summed E-state index contributed by atoms with van der Waals surface area (Å²) >= 11 is 5.94. The van der Waals surface area contributed by atoms with Crippen LogP contribution in [0.4, 0.5) is 10.1 Å². The second-order valence-corrected chi connectivity index (χ2v) is 6.45. The van der Waals surface area contributed by atoms with Gasteiger partial charge in [-0.2, -0.15) is 0 Å². The molecule has 1 amide bonds. The second-order valence-electron chi connectivity index (χ2n) is 6.05. The Morgan fingerprint density at radius 1 is 1.35 bits per heavy atom. The molecule has 1 N–H and O–H groups in total. The number of amides is 1. The van der Waals surface area contributed by atoms with Crippen molar-refractivity contribution in [3.63, 3.8) is 0 Å². The summed E-state index contributed by atoms with van der Waals surface area (Å²) in [5.41, 5.74) is 0.625. The van der Waals surface area contributed by atoms with Crippen LogP contribution in [0, 0.1) is 5.82 Å². The quantitative estimate of drug-likeness (QED) is 0.908. The van der Waals surface area contributed by atoms with E-state index in [0.717, 1.165) is 0 Å². The number of pyridine rings is 1. The molecule has 23 heavy (non-hydrogen) atoms. The van der Waals surface area contributed by atoms with E-state index in [4.69, 9.17) is 16.3 Å². The van der Waals surface area contributed by atoms with Crippen molar-refractivity contribution in [3.05, 3.63) is 53.1 Å². The smallest absolute Gasteiger partial charge is 0.228 e. The van der Waals surface area contributed by atoms with E-state index in [1.165, 1.54) is 24.4 Å². The van der Waals surface area contributed by atoms with Crippen molar-refractivity contribution in [1.82, 2.24) is 4.98 Å². The predicted molar refractivity (Wildman–Crippen MR) is 88.4 cm³/mol. The summed E-state index contributed by atoms with van der Waals surface area (Å²) in [5.74, 6) is -0.191. The molecule has 2 rings (SSSR count). The van der Waals surface area contributed by atoms with E-state index >= 15 is 0 Å². The molecule has 0 atom stereocenters. The lowest BCUT2D eigenvalue weighted by Crippen LogP contribution is -2.24. The fourth-order valence-corrected chi connectivity index (χ4v) is 2.16. The van der Waals surface area contributed by atoms with Gasteiger partial charge in [0.05, 0.1) is 12.6 Å². The Balaban J connectivity index is 2.11. The predicted octanol–water partition coefficient (Wildman–Crippen LogP) is 4.23. The minimum Gasteiger partial charge on any atom is -0.486 e. The average Bonchev–Trinajstić information content (AvgIpc) is 2.42. The summed E-state index contributed by atoms with van der Waals surface area (Å²) in [6, 6.07) is 5.63. The standard InChI is InChI=1S/C17H18ClFN2O2/c1-17(2,3)23-15-6-7-20-10-14(15)21-16(22)8-11-4-5-12(19)9-13(11)18/h4-7,9-10H,8H2,1-3H3,(H,21,22). The normalized spacial score (nSPS) is 11.2. The van der Waals surface area contributed by atoms with Gasteiger partial charge >= 0.3 is 0 Å². The van der Waals surface area contributed by atoms with Gasteiger partial charge in [0.25, 0.3) is 0 Å². The molecule has 0 spiro atoms. The van der Waals surface area contributed by atoms with Gasteiger partial charge in [0.1, 0.15) is 22.9 Å². The lowest BCUT2D eigenvalue weighted by Gasteiger charge is -2.23. The summed E-state index contributed by atoms with van der Waals surface area (Å²) < 4.78 is 18.8. The Morgan fingerprint density at radius 3 is 2.74 bits per heavy atom. The maximum atomic E-state index is 13.0. The number of ether oxygens (including phenoxy) is 1. The van der Waals surface area contributed by atoms with E-state index in [0.29, 0.717) is 17.0 Å². The first kappa shape index (κ1) is 17.2. The molecule has 0 saturated carbocycles. The van der Waals surface area contributed by atoms with E-state index < -0.39 is 11.4 Å². The number of nitrogens with zero attached hydrogens (tertiary/aromatic N) is 1. The zero-order chi connectivity index (χ0) is 17.0. The van der Waals surface area contributed by atoms with Gasteiger partial charge in [0.15, 0.2) is 0 Å². The average molecular weight is 337 g/mol. The number of halogens is 2. The highest BCUT2D eigenvalue weighted by atomic mass is 35.5. The molecule has 0 saturated heterocycles. The fourth-order valence-electron chi connectivity index (χ4n) is 1.93. The van der Waals surface area contributed by atoms with Gasteiger partial charge in [-0.15, -0.1) is 0 Å². The van der Waals surface area contributed by atoms with Crippen LogP contribution >= 0.6 is 11.6 Å². The summed E-state index contributed by atoms with van der Waals surface area (Å²) in [5, 5.41) is 2.96. The van der Waals surface area contributed by atoms with Crippen LogP contribution < -0.4 is 10.1 Å². The molecule has 4 nitrogen and oxygen atoms in total. The van der Waals surface area contributed by atoms with Crippen molar-refractivity contribution in [1.29, 1.82) is 0 Å². The van der Waals surface area contributed by atoms with Crippen molar-refractivity contribution in [3.8, 4) is 5.75 Å². The molecule has 0 aliphatic heterocycles. The molecule has 1 heterocycles. The first-order valence-electron chi connectivity index (χ1n) is 7.11. The van der Waals surface area contributed by atoms with E-state index in [1.807, 2.05) is 20.8 Å². The van der Waals surface area contributed by atoms with E-state index in [2.05, 4.69) is 10.3 Å². The first-order valence-corrected chi connectivity index (χ1v) is 7.49. The van der Waals surface area contributed by atoms with Gasteiger partial charge in [-0.25, -0.2) is 4.39 Å². The Bertz CT molecular complexity index is 714. The monoisotopic (exact) mass is 336 g/mol. The molecule has 0 radical (unpaired) electrons. The van der Waals surface area contributed by atoms with Gasteiger partial charge in [-0.05, 0) is 38.5 Å². The van der Waals surface area contributed by atoms with Crippen molar-refractivity contribution in [2.75, 3.05) is 5.32 Å². The molecule has 1 aromatic heterocycles. The lowest BCUT2D eigenvalue weighted by molar-refractivity contribution is -0.115. The number of anilines is 1. The number of benzene rings is 1. The lowest BCUT2D eigenvalue weighted by atomic mass is 10.1. The molecular formula is C17H18ClFN2O2. The summed E-state index contributed by atoms with van der Waals surface area (Å²) in [7, 11) is 0. The molecule has 6 heteroatoms. The molecule has 1 aromatic carbocycles. The number of hydrogen-bond acceptors (Lipinski definition) is 3. The Kier molecular flexibility index (Phi) is 5.21. The van der Waals surface area contributed by atoms with E-state index in [9.17, 15) is 9.18 Å². The Morgan fingerprint density at radius 2 is 2.09 bits per heavy atom. The highest BCUT2D eigenvalue weighted by Gasteiger charge is 2.16. The third-order valence-corrected chi connectivity index (χ3v) is 3.19.